The molecule has 3 heteroatoms. The highest BCUT2D eigenvalue weighted by atomic mass is 16.5. The molecule has 0 bridgehead atoms. The first-order valence-electron chi connectivity index (χ1n) is 18.5. The maximum absolute atomic E-state index is 11.9. The highest BCUT2D eigenvalue weighted by Crippen LogP contribution is 2.54. The molecule has 0 heterocycles. The minimum atomic E-state index is -0.00662. The second kappa shape index (κ2) is 23.6. The zero-order valence-corrected chi connectivity index (χ0v) is 28.2. The van der Waals surface area contributed by atoms with Gasteiger partial charge in [-0.1, -0.05) is 115 Å². The largest absolute Gasteiger partial charge is 0.466 e. The first-order chi connectivity index (χ1) is 20.0. The van der Waals surface area contributed by atoms with E-state index in [1.54, 1.807) is 5.57 Å². The van der Waals surface area contributed by atoms with Crippen molar-refractivity contribution in [1.29, 1.82) is 0 Å². The van der Waals surface area contributed by atoms with Crippen molar-refractivity contribution in [2.75, 3.05) is 27.2 Å². The van der Waals surface area contributed by atoms with Crippen molar-refractivity contribution >= 4 is 5.97 Å². The highest BCUT2D eigenvalue weighted by molar-refractivity contribution is 5.69. The van der Waals surface area contributed by atoms with Crippen LogP contribution in [0.1, 0.15) is 174 Å². The molecule has 2 aliphatic rings. The molecule has 0 saturated heterocycles. The fraction of sp³-hybridized carbons (Fsp3) is 0.921. The number of carbonyl (C=O) groups is 1. The van der Waals surface area contributed by atoms with Gasteiger partial charge in [0.25, 0.3) is 0 Å². The molecule has 2 saturated carbocycles. The normalized spacial score (nSPS) is 21.3. The van der Waals surface area contributed by atoms with E-state index < -0.39 is 0 Å². The molecule has 0 N–H and O–H groups in total. The molecular formula is C38H71NO2. The monoisotopic (exact) mass is 574 g/mol. The average molecular weight is 574 g/mol. The summed E-state index contributed by atoms with van der Waals surface area (Å²) >= 11 is 0. The zero-order valence-electron chi connectivity index (χ0n) is 28.2. The first kappa shape index (κ1) is 36.4. The minimum Gasteiger partial charge on any atom is -0.466 e. The zero-order chi connectivity index (χ0) is 29.5. The minimum absolute atomic E-state index is 0.00662. The second-order valence-corrected chi connectivity index (χ2v) is 14.2. The molecule has 41 heavy (non-hydrogen) atoms. The van der Waals surface area contributed by atoms with Crippen molar-refractivity contribution in [2.24, 2.45) is 23.7 Å². The van der Waals surface area contributed by atoms with Crippen LogP contribution in [0.4, 0.5) is 0 Å². The number of hydrogen-bond acceptors (Lipinski definition) is 3. The van der Waals surface area contributed by atoms with E-state index >= 15 is 0 Å². The number of rotatable bonds is 29. The molecule has 0 radical (unpaired) electrons. The van der Waals surface area contributed by atoms with Gasteiger partial charge in [-0.25, -0.2) is 0 Å². The quantitative estimate of drug-likeness (QED) is 0.0506. The molecule has 0 aromatic rings. The Balaban J connectivity index is 1.58. The van der Waals surface area contributed by atoms with E-state index in [0.717, 1.165) is 43.1 Å². The molecule has 2 fully saturated rings. The third kappa shape index (κ3) is 19.9. The Morgan fingerprint density at radius 3 is 1.73 bits per heavy atom. The molecule has 0 aromatic heterocycles. The van der Waals surface area contributed by atoms with E-state index in [2.05, 4.69) is 24.8 Å². The van der Waals surface area contributed by atoms with Crippen LogP contribution < -0.4 is 0 Å². The summed E-state index contributed by atoms with van der Waals surface area (Å²) in [4.78, 5) is 14.0. The lowest BCUT2D eigenvalue weighted by molar-refractivity contribution is -0.144. The van der Waals surface area contributed by atoms with Crippen LogP contribution in [0.15, 0.2) is 11.6 Å². The van der Waals surface area contributed by atoms with Gasteiger partial charge in [0.2, 0.25) is 0 Å². The number of esters is 1. The lowest BCUT2D eigenvalue weighted by atomic mass is 9.97. The van der Waals surface area contributed by atoms with E-state index in [4.69, 9.17) is 4.74 Å². The Hall–Kier alpha value is -0.830. The van der Waals surface area contributed by atoms with Gasteiger partial charge in [-0.3, -0.25) is 4.79 Å². The third-order valence-electron chi connectivity index (χ3n) is 9.89. The number of hydrogen-bond donors (Lipinski definition) is 0. The molecule has 4 atom stereocenters. The van der Waals surface area contributed by atoms with Gasteiger partial charge in [-0.15, -0.1) is 0 Å². The van der Waals surface area contributed by atoms with Crippen molar-refractivity contribution < 1.29 is 9.53 Å². The standard InChI is InChI=1S/C38H71NO2/c1-5-7-9-11-13-15-17-19-22-33(23-20-18-16-14-12-10-8-6-2)25-26-34-30-36(34)32-37-31-35(37)27-29-41-38(40)24-21-28-39(3)4/h25,34-37H,5-24,26-32H2,1-4H3. The average Bonchev–Trinajstić information content (AvgIpc) is 3.87. The molecule has 2 aliphatic carbocycles. The van der Waals surface area contributed by atoms with Crippen molar-refractivity contribution in [3.63, 3.8) is 0 Å². The van der Waals surface area contributed by atoms with Gasteiger partial charge in [0, 0.05) is 6.42 Å². The Labute approximate surface area is 257 Å². The van der Waals surface area contributed by atoms with Crippen LogP contribution in [-0.4, -0.2) is 38.1 Å². The van der Waals surface area contributed by atoms with E-state index in [-0.39, 0.29) is 5.97 Å². The molecule has 3 nitrogen and oxygen atoms in total. The smallest absolute Gasteiger partial charge is 0.305 e. The van der Waals surface area contributed by atoms with Crippen LogP contribution in [0.25, 0.3) is 0 Å². The van der Waals surface area contributed by atoms with Gasteiger partial charge < -0.3 is 9.64 Å². The summed E-state index contributed by atoms with van der Waals surface area (Å²) in [5.41, 5.74) is 1.80. The second-order valence-electron chi connectivity index (χ2n) is 14.2. The van der Waals surface area contributed by atoms with Crippen LogP contribution in [0, 0.1) is 23.7 Å². The molecule has 2 rings (SSSR count). The van der Waals surface area contributed by atoms with Crippen LogP contribution in [0.5, 0.6) is 0 Å². The number of unbranched alkanes of at least 4 members (excludes halogenated alkanes) is 14. The lowest BCUT2D eigenvalue weighted by Crippen LogP contribution is -2.15. The van der Waals surface area contributed by atoms with E-state index in [1.165, 1.54) is 141 Å². The van der Waals surface area contributed by atoms with Crippen molar-refractivity contribution in [3.05, 3.63) is 11.6 Å². The van der Waals surface area contributed by atoms with E-state index in [1.807, 2.05) is 14.1 Å². The maximum Gasteiger partial charge on any atom is 0.305 e. The fourth-order valence-corrected chi connectivity index (χ4v) is 6.78. The van der Waals surface area contributed by atoms with Gasteiger partial charge in [0.15, 0.2) is 0 Å². The molecule has 0 aliphatic heterocycles. The van der Waals surface area contributed by atoms with Crippen LogP contribution in [-0.2, 0) is 9.53 Å². The van der Waals surface area contributed by atoms with Gasteiger partial charge in [0.1, 0.15) is 0 Å². The lowest BCUT2D eigenvalue weighted by Gasteiger charge is -2.09. The fourth-order valence-electron chi connectivity index (χ4n) is 6.78. The number of allylic oxidation sites excluding steroid dienone is 2. The highest BCUT2D eigenvalue weighted by Gasteiger charge is 2.44. The van der Waals surface area contributed by atoms with Crippen LogP contribution in [0.2, 0.25) is 0 Å². The van der Waals surface area contributed by atoms with Gasteiger partial charge in [0.05, 0.1) is 6.61 Å². The molecule has 0 amide bonds. The predicted octanol–water partition coefficient (Wildman–Crippen LogP) is 11.3. The summed E-state index contributed by atoms with van der Waals surface area (Å²) in [7, 11) is 4.10. The van der Waals surface area contributed by atoms with Gasteiger partial charge >= 0.3 is 5.97 Å². The van der Waals surface area contributed by atoms with Crippen molar-refractivity contribution in [2.45, 2.75) is 174 Å². The van der Waals surface area contributed by atoms with Crippen LogP contribution >= 0.6 is 0 Å². The number of nitrogens with zero attached hydrogens (tertiary/aromatic N) is 1. The summed E-state index contributed by atoms with van der Waals surface area (Å²) in [5.74, 6) is 3.66. The summed E-state index contributed by atoms with van der Waals surface area (Å²) in [6.45, 7) is 6.21. The molecule has 0 spiro atoms. The Bertz CT molecular complexity index is 649. The molecule has 240 valence electrons. The number of ether oxygens (including phenoxy) is 1. The van der Waals surface area contributed by atoms with Crippen LogP contribution in [0.3, 0.4) is 0 Å². The SMILES string of the molecule is CCCCCCCCCCC(=CCC1CC1CC1CC1CCOC(=O)CCCN(C)C)CCCCCCCCCC. The predicted molar refractivity (Wildman–Crippen MR) is 178 cm³/mol. The summed E-state index contributed by atoms with van der Waals surface area (Å²) in [5, 5.41) is 0. The van der Waals surface area contributed by atoms with E-state index in [9.17, 15) is 4.79 Å². The maximum atomic E-state index is 11.9. The summed E-state index contributed by atoms with van der Waals surface area (Å²) in [6, 6.07) is 0. The van der Waals surface area contributed by atoms with Gasteiger partial charge in [-0.2, -0.15) is 0 Å². The first-order valence-corrected chi connectivity index (χ1v) is 18.5. The third-order valence-corrected chi connectivity index (χ3v) is 9.89. The van der Waals surface area contributed by atoms with Crippen molar-refractivity contribution in [3.8, 4) is 0 Å². The summed E-state index contributed by atoms with van der Waals surface area (Å²) < 4.78 is 5.50. The number of carbonyl (C=O) groups excluding carboxylic acids is 1. The molecule has 0 aromatic carbocycles. The van der Waals surface area contributed by atoms with Gasteiger partial charge in [-0.05, 0) is 109 Å². The Morgan fingerprint density at radius 1 is 0.659 bits per heavy atom. The summed E-state index contributed by atoms with van der Waals surface area (Å²) in [6.07, 6.45) is 36.4. The molecule has 4 unspecified atom stereocenters. The Kier molecular flexibility index (Phi) is 20.9. The van der Waals surface area contributed by atoms with Crippen molar-refractivity contribution in [1.82, 2.24) is 4.90 Å². The Morgan fingerprint density at radius 2 is 1.17 bits per heavy atom. The molecular weight excluding hydrogens is 502 g/mol. The van der Waals surface area contributed by atoms with E-state index in [0.29, 0.717) is 13.0 Å². The topological polar surface area (TPSA) is 29.5 Å².